The van der Waals surface area contributed by atoms with Gasteiger partial charge in [-0.15, -0.1) is 0 Å². The second kappa shape index (κ2) is 6.48. The molecule has 1 aromatic rings. The molecule has 2 N–H and O–H groups in total. The molecule has 3 rings (SSSR count). The van der Waals surface area contributed by atoms with Crippen molar-refractivity contribution in [3.05, 3.63) is 29.8 Å². The van der Waals surface area contributed by atoms with E-state index in [0.29, 0.717) is 0 Å². The summed E-state index contributed by atoms with van der Waals surface area (Å²) in [5.74, 6) is 0.133. The van der Waals surface area contributed by atoms with Crippen LogP contribution in [0.25, 0.3) is 0 Å². The van der Waals surface area contributed by atoms with E-state index < -0.39 is 0 Å². The van der Waals surface area contributed by atoms with Gasteiger partial charge in [-0.1, -0.05) is 12.1 Å². The fraction of sp³-hybridized carbons (Fsp3) is 0.588. The molecular formula is C17H25N3O. The fourth-order valence-corrected chi connectivity index (χ4v) is 3.03. The third-order valence-electron chi connectivity index (χ3n) is 4.49. The highest BCUT2D eigenvalue weighted by Gasteiger charge is 2.28. The molecule has 1 saturated carbocycles. The average molecular weight is 287 g/mol. The van der Waals surface area contributed by atoms with Crippen LogP contribution < -0.4 is 15.5 Å². The third-order valence-corrected chi connectivity index (χ3v) is 4.49. The van der Waals surface area contributed by atoms with Crippen molar-refractivity contribution < 1.29 is 4.79 Å². The number of carbonyl (C=O) groups excluding carboxylic acids is 1. The lowest BCUT2D eigenvalue weighted by Crippen LogP contribution is -2.48. The van der Waals surface area contributed by atoms with Gasteiger partial charge in [0.05, 0.1) is 0 Å². The van der Waals surface area contributed by atoms with E-state index >= 15 is 0 Å². The molecule has 1 unspecified atom stereocenters. The summed E-state index contributed by atoms with van der Waals surface area (Å²) < 4.78 is 0. The molecule has 4 heteroatoms. The Morgan fingerprint density at radius 2 is 1.95 bits per heavy atom. The molecule has 4 nitrogen and oxygen atoms in total. The minimum atomic E-state index is -0.0146. The van der Waals surface area contributed by atoms with E-state index in [1.165, 1.54) is 30.5 Å². The maximum Gasteiger partial charge on any atom is 0.242 e. The van der Waals surface area contributed by atoms with E-state index in [0.717, 1.165) is 32.0 Å². The van der Waals surface area contributed by atoms with Crippen molar-refractivity contribution in [1.29, 1.82) is 0 Å². The van der Waals surface area contributed by atoms with Crippen LogP contribution in [-0.2, 0) is 11.3 Å². The predicted octanol–water partition coefficient (Wildman–Crippen LogP) is 2.04. The van der Waals surface area contributed by atoms with Gasteiger partial charge in [-0.2, -0.15) is 0 Å². The molecular weight excluding hydrogens is 262 g/mol. The molecule has 2 fully saturated rings. The molecule has 0 aromatic heterocycles. The first-order chi connectivity index (χ1) is 10.3. The van der Waals surface area contributed by atoms with Crippen LogP contribution in [0, 0.1) is 0 Å². The summed E-state index contributed by atoms with van der Waals surface area (Å²) in [6.45, 7) is 1.92. The van der Waals surface area contributed by atoms with Crippen molar-refractivity contribution in [1.82, 2.24) is 10.6 Å². The topological polar surface area (TPSA) is 44.4 Å². The Morgan fingerprint density at radius 3 is 2.62 bits per heavy atom. The zero-order valence-corrected chi connectivity index (χ0v) is 12.8. The Labute approximate surface area is 126 Å². The standard InChI is InChI=1S/C17H25N3O/c1-18-17(21)16-4-2-3-11-20(16)15-9-5-13(6-10-15)12-19-14-7-8-14/h5-6,9-10,14,16,19H,2-4,7-8,11-12H2,1H3,(H,18,21). The Morgan fingerprint density at radius 1 is 1.19 bits per heavy atom. The number of likely N-dealkylation sites (N-methyl/N-ethyl adjacent to an activating group) is 1. The summed E-state index contributed by atoms with van der Waals surface area (Å²) in [5.41, 5.74) is 2.48. The van der Waals surface area contributed by atoms with Crippen LogP contribution in [0.5, 0.6) is 0 Å². The van der Waals surface area contributed by atoms with E-state index in [2.05, 4.69) is 39.8 Å². The molecule has 1 atom stereocenters. The summed E-state index contributed by atoms with van der Waals surface area (Å²) in [7, 11) is 1.72. The molecule has 1 saturated heterocycles. The van der Waals surface area contributed by atoms with Gasteiger partial charge < -0.3 is 15.5 Å². The van der Waals surface area contributed by atoms with Crippen molar-refractivity contribution in [2.24, 2.45) is 0 Å². The first-order valence-corrected chi connectivity index (χ1v) is 8.08. The highest BCUT2D eigenvalue weighted by molar-refractivity contribution is 5.85. The molecule has 1 aromatic carbocycles. The van der Waals surface area contributed by atoms with Crippen LogP contribution >= 0.6 is 0 Å². The Bertz CT molecular complexity index is 481. The van der Waals surface area contributed by atoms with Gasteiger partial charge in [-0.25, -0.2) is 0 Å². The molecule has 0 spiro atoms. The van der Waals surface area contributed by atoms with Crippen molar-refractivity contribution in [3.8, 4) is 0 Å². The first kappa shape index (κ1) is 14.4. The number of anilines is 1. The largest absolute Gasteiger partial charge is 0.360 e. The number of rotatable bonds is 5. The third kappa shape index (κ3) is 3.56. The van der Waals surface area contributed by atoms with E-state index in [1.54, 1.807) is 7.05 Å². The number of amides is 1. The van der Waals surface area contributed by atoms with Crippen LogP contribution in [0.15, 0.2) is 24.3 Å². The minimum Gasteiger partial charge on any atom is -0.360 e. The van der Waals surface area contributed by atoms with E-state index in [4.69, 9.17) is 0 Å². The second-order valence-corrected chi connectivity index (χ2v) is 6.14. The zero-order chi connectivity index (χ0) is 14.7. The second-order valence-electron chi connectivity index (χ2n) is 6.14. The van der Waals surface area contributed by atoms with E-state index in [-0.39, 0.29) is 11.9 Å². The maximum atomic E-state index is 12.0. The fourth-order valence-electron chi connectivity index (χ4n) is 3.03. The average Bonchev–Trinajstić information content (AvgIpc) is 3.37. The molecule has 0 radical (unpaired) electrons. The van der Waals surface area contributed by atoms with Crippen LogP contribution in [0.4, 0.5) is 5.69 Å². The smallest absolute Gasteiger partial charge is 0.242 e. The Balaban J connectivity index is 1.66. The molecule has 114 valence electrons. The molecule has 0 bridgehead atoms. The monoisotopic (exact) mass is 287 g/mol. The van der Waals surface area contributed by atoms with Crippen LogP contribution in [-0.4, -0.2) is 31.6 Å². The number of benzene rings is 1. The molecule has 2 aliphatic rings. The maximum absolute atomic E-state index is 12.0. The normalized spacial score (nSPS) is 22.1. The van der Waals surface area contributed by atoms with Gasteiger partial charge in [-0.3, -0.25) is 4.79 Å². The minimum absolute atomic E-state index is 0.0146. The number of nitrogens with zero attached hydrogens (tertiary/aromatic N) is 1. The first-order valence-electron chi connectivity index (χ1n) is 8.08. The molecule has 21 heavy (non-hydrogen) atoms. The molecule has 1 aliphatic heterocycles. The summed E-state index contributed by atoms with van der Waals surface area (Å²) in [5, 5.41) is 6.33. The summed E-state index contributed by atoms with van der Waals surface area (Å²) in [6, 6.07) is 9.40. The molecule has 1 amide bonds. The molecule has 1 heterocycles. The highest BCUT2D eigenvalue weighted by Crippen LogP contribution is 2.25. The Hall–Kier alpha value is -1.55. The highest BCUT2D eigenvalue weighted by atomic mass is 16.2. The van der Waals surface area contributed by atoms with Crippen molar-refractivity contribution in [3.63, 3.8) is 0 Å². The Kier molecular flexibility index (Phi) is 4.44. The van der Waals surface area contributed by atoms with Gasteiger partial charge in [0.15, 0.2) is 0 Å². The van der Waals surface area contributed by atoms with Gasteiger partial charge in [0, 0.05) is 31.9 Å². The SMILES string of the molecule is CNC(=O)C1CCCCN1c1ccc(CNC2CC2)cc1. The number of hydrogen-bond donors (Lipinski definition) is 2. The zero-order valence-electron chi connectivity index (χ0n) is 12.8. The summed E-state index contributed by atoms with van der Waals surface area (Å²) >= 11 is 0. The predicted molar refractivity (Wildman–Crippen MR) is 85.4 cm³/mol. The van der Waals surface area contributed by atoms with Crippen LogP contribution in [0.3, 0.4) is 0 Å². The summed E-state index contributed by atoms with van der Waals surface area (Å²) in [6.07, 6.45) is 5.89. The summed E-state index contributed by atoms with van der Waals surface area (Å²) in [4.78, 5) is 14.3. The van der Waals surface area contributed by atoms with Crippen molar-refractivity contribution in [2.75, 3.05) is 18.5 Å². The number of carbonyl (C=O) groups is 1. The van der Waals surface area contributed by atoms with E-state index in [9.17, 15) is 4.79 Å². The van der Waals surface area contributed by atoms with Gasteiger partial charge in [-0.05, 0) is 49.8 Å². The van der Waals surface area contributed by atoms with Gasteiger partial charge in [0.2, 0.25) is 5.91 Å². The van der Waals surface area contributed by atoms with Gasteiger partial charge in [0.25, 0.3) is 0 Å². The van der Waals surface area contributed by atoms with Gasteiger partial charge in [0.1, 0.15) is 6.04 Å². The lowest BCUT2D eigenvalue weighted by atomic mass is 10.00. The number of nitrogens with one attached hydrogen (secondary N) is 2. The van der Waals surface area contributed by atoms with Crippen LogP contribution in [0.2, 0.25) is 0 Å². The lowest BCUT2D eigenvalue weighted by Gasteiger charge is -2.36. The van der Waals surface area contributed by atoms with Crippen molar-refractivity contribution >= 4 is 11.6 Å². The van der Waals surface area contributed by atoms with E-state index in [1.807, 2.05) is 0 Å². The van der Waals surface area contributed by atoms with Gasteiger partial charge >= 0.3 is 0 Å². The number of hydrogen-bond acceptors (Lipinski definition) is 3. The number of piperidine rings is 1. The lowest BCUT2D eigenvalue weighted by molar-refractivity contribution is -0.122. The van der Waals surface area contributed by atoms with Crippen molar-refractivity contribution in [2.45, 2.75) is 50.7 Å². The quantitative estimate of drug-likeness (QED) is 0.871. The van der Waals surface area contributed by atoms with Crippen LogP contribution in [0.1, 0.15) is 37.7 Å². The molecule has 1 aliphatic carbocycles.